The number of hydrogen-bond acceptors (Lipinski definition) is 10. The van der Waals surface area contributed by atoms with Crippen molar-refractivity contribution >= 4 is 47.3 Å². The Labute approximate surface area is 290 Å². The average molecular weight is 733 g/mol. The van der Waals surface area contributed by atoms with Gasteiger partial charge in [0.1, 0.15) is 29.9 Å². The number of amides is 7. The normalized spacial score (nSPS) is 15.7. The van der Waals surface area contributed by atoms with Gasteiger partial charge < -0.3 is 53.6 Å². The zero-order chi connectivity index (χ0) is 39.1. The molecule has 4 atom stereocenters. The molecule has 7 amide bonds. The molecule has 21 heteroatoms. The van der Waals surface area contributed by atoms with Crippen molar-refractivity contribution in [3.05, 3.63) is 29.8 Å². The maximum absolute atomic E-state index is 13.5. The molecular formula is C30H43F3N8O10. The molecule has 1 heterocycles. The van der Waals surface area contributed by atoms with E-state index in [9.17, 15) is 51.8 Å². The third kappa shape index (κ3) is 15.3. The molecule has 1 aliphatic heterocycles. The first kappa shape index (κ1) is 43.6. The second-order valence-corrected chi connectivity index (χ2v) is 11.7. The zero-order valence-corrected chi connectivity index (χ0v) is 27.8. The van der Waals surface area contributed by atoms with Gasteiger partial charge in [0.05, 0.1) is 13.1 Å². The summed E-state index contributed by atoms with van der Waals surface area (Å²) in [6, 6.07) is 1.87. The summed E-state index contributed by atoms with van der Waals surface area (Å²) in [4.78, 5) is 97.4. The first-order valence-electron chi connectivity index (χ1n) is 15.5. The number of phenols is 1. The van der Waals surface area contributed by atoms with Crippen LogP contribution < -0.4 is 38.5 Å². The predicted molar refractivity (Wildman–Crippen MR) is 171 cm³/mol. The first-order valence-corrected chi connectivity index (χ1v) is 15.5. The van der Waals surface area contributed by atoms with Crippen molar-refractivity contribution in [2.75, 3.05) is 19.6 Å². The lowest BCUT2D eigenvalue weighted by Gasteiger charge is -2.29. The van der Waals surface area contributed by atoms with E-state index in [1.165, 1.54) is 17.0 Å². The number of phenolic OH excluding ortho intramolecular Hbond substituents is 1. The van der Waals surface area contributed by atoms with Gasteiger partial charge >= 0.3 is 12.1 Å². The SMILES string of the molecule is CC(C)[C@H](NC(=O)[C@H](CCC(N)=O)NC(=O)CNC(=O)[C@@H]1CCCN1C(=O)[C@H](Cc1ccc(O)cc1)NC(=O)CN)C(N)=O.O=C(O)C(F)(F)F. The number of primary amides is 2. The van der Waals surface area contributed by atoms with Crippen molar-refractivity contribution in [2.45, 2.75) is 76.3 Å². The minimum atomic E-state index is -5.08. The van der Waals surface area contributed by atoms with Crippen LogP contribution in [0.25, 0.3) is 0 Å². The molecule has 51 heavy (non-hydrogen) atoms. The Bertz CT molecular complexity index is 1430. The molecule has 0 aromatic heterocycles. The number of nitrogens with two attached hydrogens (primary N) is 3. The lowest BCUT2D eigenvalue weighted by molar-refractivity contribution is -0.192. The molecule has 0 aliphatic carbocycles. The topological polar surface area (TPSA) is 306 Å². The van der Waals surface area contributed by atoms with Crippen LogP contribution in [0.1, 0.15) is 45.1 Å². The van der Waals surface area contributed by atoms with E-state index in [1.54, 1.807) is 26.0 Å². The Balaban J connectivity index is 0.00000167. The molecular weight excluding hydrogens is 689 g/mol. The highest BCUT2D eigenvalue weighted by Crippen LogP contribution is 2.20. The number of nitrogens with one attached hydrogen (secondary N) is 4. The van der Waals surface area contributed by atoms with E-state index < -0.39 is 84.2 Å². The average Bonchev–Trinajstić information content (AvgIpc) is 3.54. The number of carbonyl (C=O) groups excluding carboxylic acids is 7. The Morgan fingerprint density at radius 1 is 0.941 bits per heavy atom. The molecule has 0 saturated carbocycles. The molecule has 1 fully saturated rings. The largest absolute Gasteiger partial charge is 0.508 e. The quantitative estimate of drug-likeness (QED) is 0.0855. The summed E-state index contributed by atoms with van der Waals surface area (Å²) in [6.45, 7) is 2.67. The van der Waals surface area contributed by atoms with Gasteiger partial charge in [0.2, 0.25) is 41.4 Å². The molecule has 0 unspecified atom stereocenters. The van der Waals surface area contributed by atoms with Crippen molar-refractivity contribution in [3.63, 3.8) is 0 Å². The molecule has 0 radical (unpaired) electrons. The third-order valence-corrected chi connectivity index (χ3v) is 7.30. The summed E-state index contributed by atoms with van der Waals surface area (Å²) >= 11 is 0. The number of nitrogens with zero attached hydrogens (tertiary/aromatic N) is 1. The summed E-state index contributed by atoms with van der Waals surface area (Å²) in [5, 5.41) is 26.6. The standard InChI is InChI=1S/C28H42N8O8.C2HF3O2/c1-15(2)24(25(31)41)35-26(42)18(9-10-21(30)38)33-23(40)14-32-27(43)20-4-3-11-36(20)28(44)19(34-22(39)13-29)12-16-5-7-17(37)8-6-16;3-2(4,5)1(6)7/h5-8,15,18-20,24,37H,3-4,9-14,29H2,1-2H3,(H2,30,38)(H2,31,41)(H,32,43)(H,33,40)(H,34,39)(H,35,42);(H,6,7)/t18-,19-,20-,24-;/m0./s1. The number of carbonyl (C=O) groups is 8. The Morgan fingerprint density at radius 2 is 1.51 bits per heavy atom. The van der Waals surface area contributed by atoms with Crippen molar-refractivity contribution < 1.29 is 61.7 Å². The van der Waals surface area contributed by atoms with E-state index in [0.717, 1.165) is 0 Å². The van der Waals surface area contributed by atoms with Crippen LogP contribution >= 0.6 is 0 Å². The second-order valence-electron chi connectivity index (χ2n) is 11.7. The van der Waals surface area contributed by atoms with Gasteiger partial charge in [-0.2, -0.15) is 13.2 Å². The number of hydrogen-bond donors (Lipinski definition) is 9. The molecule has 1 aliphatic rings. The van der Waals surface area contributed by atoms with Crippen LogP contribution in [-0.2, 0) is 44.8 Å². The van der Waals surface area contributed by atoms with Crippen LogP contribution in [0.2, 0.25) is 0 Å². The molecule has 284 valence electrons. The number of carboxylic acids is 1. The summed E-state index contributed by atoms with van der Waals surface area (Å²) in [5.74, 6) is -7.77. The van der Waals surface area contributed by atoms with E-state index in [2.05, 4.69) is 21.3 Å². The minimum absolute atomic E-state index is 0.0353. The number of rotatable bonds is 16. The number of alkyl halides is 3. The van der Waals surface area contributed by atoms with Gasteiger partial charge in [-0.25, -0.2) is 4.79 Å². The second kappa shape index (κ2) is 20.3. The van der Waals surface area contributed by atoms with Gasteiger partial charge in [-0.3, -0.25) is 33.6 Å². The summed E-state index contributed by atoms with van der Waals surface area (Å²) in [7, 11) is 0. The van der Waals surface area contributed by atoms with Crippen LogP contribution in [0, 0.1) is 5.92 Å². The van der Waals surface area contributed by atoms with Gasteiger partial charge in [0, 0.05) is 19.4 Å². The van der Waals surface area contributed by atoms with Crippen molar-refractivity contribution in [3.8, 4) is 5.75 Å². The van der Waals surface area contributed by atoms with Crippen molar-refractivity contribution in [2.24, 2.45) is 23.1 Å². The van der Waals surface area contributed by atoms with Gasteiger partial charge in [-0.1, -0.05) is 26.0 Å². The van der Waals surface area contributed by atoms with Crippen LogP contribution in [0.4, 0.5) is 13.2 Å². The summed E-state index contributed by atoms with van der Waals surface area (Å²) < 4.78 is 31.7. The van der Waals surface area contributed by atoms with Gasteiger partial charge in [0.25, 0.3) is 0 Å². The fourth-order valence-corrected chi connectivity index (χ4v) is 4.73. The molecule has 1 aromatic rings. The fourth-order valence-electron chi connectivity index (χ4n) is 4.73. The Morgan fingerprint density at radius 3 is 2.00 bits per heavy atom. The maximum Gasteiger partial charge on any atom is 0.490 e. The molecule has 1 saturated heterocycles. The Kier molecular flexibility index (Phi) is 17.3. The van der Waals surface area contributed by atoms with Gasteiger partial charge in [-0.15, -0.1) is 0 Å². The van der Waals surface area contributed by atoms with Crippen LogP contribution in [-0.4, -0.2) is 112 Å². The zero-order valence-electron chi connectivity index (χ0n) is 27.8. The summed E-state index contributed by atoms with van der Waals surface area (Å²) in [6.07, 6.45) is -4.59. The highest BCUT2D eigenvalue weighted by Gasteiger charge is 2.39. The Hall–Kier alpha value is -5.47. The van der Waals surface area contributed by atoms with Crippen LogP contribution in [0.3, 0.4) is 0 Å². The van der Waals surface area contributed by atoms with Crippen molar-refractivity contribution in [1.82, 2.24) is 26.2 Å². The number of benzene rings is 1. The third-order valence-electron chi connectivity index (χ3n) is 7.30. The van der Waals surface area contributed by atoms with E-state index in [0.29, 0.717) is 18.4 Å². The smallest absolute Gasteiger partial charge is 0.490 e. The molecule has 0 spiro atoms. The van der Waals surface area contributed by atoms with E-state index in [1.807, 2.05) is 0 Å². The highest BCUT2D eigenvalue weighted by molar-refractivity contribution is 5.95. The number of carboxylic acid groups (broad SMARTS) is 1. The van der Waals surface area contributed by atoms with E-state index in [-0.39, 0.29) is 44.0 Å². The first-order chi connectivity index (χ1) is 23.7. The molecule has 1 aromatic carbocycles. The van der Waals surface area contributed by atoms with Gasteiger partial charge in [-0.05, 0) is 42.9 Å². The number of likely N-dealkylation sites (tertiary alicyclic amines) is 1. The highest BCUT2D eigenvalue weighted by atomic mass is 19.4. The maximum atomic E-state index is 13.5. The fraction of sp³-hybridized carbons (Fsp3) is 0.533. The van der Waals surface area contributed by atoms with Crippen LogP contribution in [0.5, 0.6) is 5.75 Å². The minimum Gasteiger partial charge on any atom is -0.508 e. The number of halogens is 3. The summed E-state index contributed by atoms with van der Waals surface area (Å²) in [5.41, 5.74) is 16.6. The molecule has 12 N–H and O–H groups in total. The van der Waals surface area contributed by atoms with E-state index >= 15 is 0 Å². The molecule has 2 rings (SSSR count). The van der Waals surface area contributed by atoms with Crippen molar-refractivity contribution in [1.29, 1.82) is 0 Å². The lowest BCUT2D eigenvalue weighted by atomic mass is 10.0. The number of aliphatic carboxylic acids is 1. The molecule has 0 bridgehead atoms. The molecule has 18 nitrogen and oxygen atoms in total. The van der Waals surface area contributed by atoms with Crippen LogP contribution in [0.15, 0.2) is 24.3 Å². The van der Waals surface area contributed by atoms with Gasteiger partial charge in [0.15, 0.2) is 0 Å². The lowest BCUT2D eigenvalue weighted by Crippen LogP contribution is -2.57. The monoisotopic (exact) mass is 732 g/mol. The van der Waals surface area contributed by atoms with E-state index in [4.69, 9.17) is 27.1 Å². The number of aromatic hydroxyl groups is 1. The predicted octanol–water partition coefficient (Wildman–Crippen LogP) is -2.50.